The Labute approximate surface area is 202 Å². The first-order valence-corrected chi connectivity index (χ1v) is 10.9. The minimum Gasteiger partial charge on any atom is -0.486 e. The molecule has 2 bridgehead atoms. The smallest absolute Gasteiger partial charge is 0.433 e. The number of hydrogen-bond donors (Lipinski definition) is 0. The van der Waals surface area contributed by atoms with Gasteiger partial charge in [-0.3, -0.25) is 9.59 Å². The Bertz CT molecular complexity index is 1290. The van der Waals surface area contributed by atoms with Crippen molar-refractivity contribution < 1.29 is 36.8 Å². The van der Waals surface area contributed by atoms with E-state index in [0.29, 0.717) is 21.7 Å². The maximum absolute atomic E-state index is 13.6. The number of nitrogens with zero attached hydrogens (tertiary/aromatic N) is 4. The number of nitriles is 1. The van der Waals surface area contributed by atoms with Crippen LogP contribution in [0.1, 0.15) is 11.1 Å². The summed E-state index contributed by atoms with van der Waals surface area (Å²) in [4.78, 5) is 42.5. The SMILES string of the molecule is N#Cc1ccc(N2C(=O)C3C[N@]4CC(C(=O)COc5ccc(Cl)cc5)[N+]3(C4)C2=O)cc1C(F)(F)F. The summed E-state index contributed by atoms with van der Waals surface area (Å²) in [5.74, 6) is -0.669. The van der Waals surface area contributed by atoms with Crippen LogP contribution in [0, 0.1) is 11.3 Å². The zero-order valence-corrected chi connectivity index (χ0v) is 18.7. The molecule has 0 radical (unpaired) electrons. The molecular weight excluding hydrogens is 489 g/mol. The normalized spacial score (nSPS) is 27.2. The van der Waals surface area contributed by atoms with E-state index in [1.807, 2.05) is 4.90 Å². The van der Waals surface area contributed by atoms with Crippen molar-refractivity contribution in [3.8, 4) is 11.8 Å². The highest BCUT2D eigenvalue weighted by Crippen LogP contribution is 2.44. The number of fused-ring (bicyclic) bond motifs is 1. The number of ether oxygens (including phenoxy) is 1. The minimum atomic E-state index is -4.85. The van der Waals surface area contributed by atoms with E-state index in [2.05, 4.69) is 0 Å². The highest BCUT2D eigenvalue weighted by molar-refractivity contribution is 6.30. The number of carbonyl (C=O) groups excluding carboxylic acids is 3. The summed E-state index contributed by atoms with van der Waals surface area (Å²) in [6.45, 7) is 0.202. The molecule has 3 unspecified atom stereocenters. The Kier molecular flexibility index (Phi) is 5.36. The number of urea groups is 1. The summed E-state index contributed by atoms with van der Waals surface area (Å²) in [6, 6.07) is 7.97. The first kappa shape index (κ1) is 23.3. The van der Waals surface area contributed by atoms with E-state index in [1.165, 1.54) is 6.07 Å². The fraction of sp³-hybridized carbons (Fsp3) is 0.304. The number of Topliss-reactive ketones (excluding diaryl/α,β-unsaturated/α-hetero) is 1. The van der Waals surface area contributed by atoms with Crippen molar-refractivity contribution in [2.45, 2.75) is 18.3 Å². The van der Waals surface area contributed by atoms with Gasteiger partial charge in [-0.2, -0.15) is 23.3 Å². The second kappa shape index (κ2) is 8.05. The highest BCUT2D eigenvalue weighted by Gasteiger charge is 2.73. The third-order valence-corrected chi connectivity index (χ3v) is 6.97. The van der Waals surface area contributed by atoms with Gasteiger partial charge in [0.05, 0.1) is 36.0 Å². The summed E-state index contributed by atoms with van der Waals surface area (Å²) in [5, 5.41) is 9.53. The van der Waals surface area contributed by atoms with Crippen molar-refractivity contribution in [2.75, 3.05) is 31.3 Å². The quantitative estimate of drug-likeness (QED) is 0.458. The summed E-state index contributed by atoms with van der Waals surface area (Å²) in [6.07, 6.45) is -4.85. The molecule has 0 aliphatic carbocycles. The number of benzene rings is 2. The van der Waals surface area contributed by atoms with Gasteiger partial charge in [0.2, 0.25) is 5.78 Å². The van der Waals surface area contributed by atoms with Crippen LogP contribution in [0.3, 0.4) is 0 Å². The lowest BCUT2D eigenvalue weighted by atomic mass is 10.0. The maximum Gasteiger partial charge on any atom is 0.433 e. The largest absolute Gasteiger partial charge is 0.486 e. The van der Waals surface area contributed by atoms with Crippen LogP contribution in [0.5, 0.6) is 5.75 Å². The van der Waals surface area contributed by atoms with Crippen molar-refractivity contribution in [1.29, 1.82) is 5.26 Å². The van der Waals surface area contributed by atoms with Crippen LogP contribution in [0.25, 0.3) is 0 Å². The van der Waals surface area contributed by atoms with Crippen molar-refractivity contribution in [1.82, 2.24) is 4.90 Å². The van der Waals surface area contributed by atoms with E-state index in [0.717, 1.165) is 12.1 Å². The van der Waals surface area contributed by atoms with Gasteiger partial charge >= 0.3 is 12.2 Å². The van der Waals surface area contributed by atoms with E-state index in [-0.39, 0.29) is 32.1 Å². The minimum absolute atomic E-state index is 0.103. The van der Waals surface area contributed by atoms with Gasteiger partial charge in [0.25, 0.3) is 5.91 Å². The number of carbonyl (C=O) groups is 3. The number of quaternary nitrogens is 1. The number of alkyl halides is 3. The summed E-state index contributed by atoms with van der Waals surface area (Å²) < 4.78 is 45.5. The van der Waals surface area contributed by atoms with E-state index >= 15 is 0 Å². The van der Waals surface area contributed by atoms with Crippen LogP contribution in [-0.2, 0) is 15.8 Å². The third kappa shape index (κ3) is 3.56. The van der Waals surface area contributed by atoms with Gasteiger partial charge in [0.1, 0.15) is 12.4 Å². The Morgan fingerprint density at radius 3 is 2.54 bits per heavy atom. The van der Waals surface area contributed by atoms with Gasteiger partial charge in [-0.1, -0.05) is 11.6 Å². The summed E-state index contributed by atoms with van der Waals surface area (Å²) in [5.41, 5.74) is -2.14. The molecule has 12 heteroatoms. The van der Waals surface area contributed by atoms with Crippen LogP contribution in [0.15, 0.2) is 42.5 Å². The van der Waals surface area contributed by atoms with Crippen molar-refractivity contribution in [2.24, 2.45) is 0 Å². The Balaban J connectivity index is 1.44. The standard InChI is InChI=1S/C23H17ClF3N4O4/c24-14-2-5-16(6-3-14)35-11-20(32)18-9-29-10-19-21(33)30(22(34)31(18,19)12-29)15-4-1-13(8-28)17(7-15)23(25,26)27/h1-7,18-19H,9-12H2/q+1. The van der Waals surface area contributed by atoms with Crippen LogP contribution in [-0.4, -0.2) is 65.6 Å². The number of anilines is 1. The molecule has 3 aliphatic rings. The lowest BCUT2D eigenvalue weighted by Gasteiger charge is -2.32. The average molecular weight is 506 g/mol. The molecule has 180 valence electrons. The maximum atomic E-state index is 13.6. The predicted octanol–water partition coefficient (Wildman–Crippen LogP) is 3.19. The second-order valence-electron chi connectivity index (χ2n) is 8.64. The molecule has 4 atom stereocenters. The Morgan fingerprint density at radius 1 is 1.17 bits per heavy atom. The van der Waals surface area contributed by atoms with Crippen molar-refractivity contribution in [3.05, 3.63) is 58.6 Å². The number of halogens is 4. The molecule has 8 nitrogen and oxygen atoms in total. The zero-order valence-electron chi connectivity index (χ0n) is 18.0. The van der Waals surface area contributed by atoms with Gasteiger partial charge in [-0.25, -0.2) is 14.2 Å². The molecule has 0 saturated carbocycles. The lowest BCUT2D eigenvalue weighted by Crippen LogP contribution is -2.63. The third-order valence-electron chi connectivity index (χ3n) is 6.72. The molecule has 3 aliphatic heterocycles. The number of ketones is 1. The van der Waals surface area contributed by atoms with Gasteiger partial charge in [0.15, 0.2) is 18.7 Å². The van der Waals surface area contributed by atoms with Gasteiger partial charge in [0, 0.05) is 5.02 Å². The van der Waals surface area contributed by atoms with E-state index in [1.54, 1.807) is 24.3 Å². The molecular formula is C23H17ClF3N4O4+. The number of amides is 3. The van der Waals surface area contributed by atoms with Crippen molar-refractivity contribution >= 4 is 35.0 Å². The van der Waals surface area contributed by atoms with Crippen LogP contribution in [0.4, 0.5) is 23.7 Å². The Morgan fingerprint density at radius 2 is 1.89 bits per heavy atom. The van der Waals surface area contributed by atoms with Crippen LogP contribution < -0.4 is 9.64 Å². The van der Waals surface area contributed by atoms with E-state index in [4.69, 9.17) is 21.6 Å². The molecule has 3 fully saturated rings. The Hall–Kier alpha value is -3.46. The zero-order chi connectivity index (χ0) is 25.1. The van der Waals surface area contributed by atoms with Crippen LogP contribution in [0.2, 0.25) is 5.02 Å². The highest BCUT2D eigenvalue weighted by atomic mass is 35.5. The molecule has 0 aromatic heterocycles. The summed E-state index contributed by atoms with van der Waals surface area (Å²) >= 11 is 5.84. The molecule has 3 heterocycles. The van der Waals surface area contributed by atoms with Gasteiger partial charge in [-0.15, -0.1) is 0 Å². The van der Waals surface area contributed by atoms with Gasteiger partial charge in [-0.05, 0) is 42.5 Å². The number of hydrogen-bond acceptors (Lipinski definition) is 6. The second-order valence-corrected chi connectivity index (χ2v) is 9.08. The topological polar surface area (TPSA) is 90.7 Å². The van der Waals surface area contributed by atoms with Crippen LogP contribution >= 0.6 is 11.6 Å². The van der Waals surface area contributed by atoms with E-state index < -0.39 is 51.6 Å². The molecule has 3 saturated heterocycles. The van der Waals surface area contributed by atoms with E-state index in [9.17, 15) is 27.6 Å². The summed E-state index contributed by atoms with van der Waals surface area (Å²) in [7, 11) is 0. The first-order valence-electron chi connectivity index (χ1n) is 10.6. The molecule has 3 amide bonds. The fourth-order valence-corrected chi connectivity index (χ4v) is 5.25. The number of imide groups is 1. The molecule has 0 N–H and O–H groups in total. The fourth-order valence-electron chi connectivity index (χ4n) is 5.13. The molecule has 1 spiro atoms. The number of rotatable bonds is 5. The molecule has 5 rings (SSSR count). The molecule has 35 heavy (non-hydrogen) atoms. The molecule has 2 aromatic carbocycles. The predicted molar refractivity (Wildman–Crippen MR) is 115 cm³/mol. The average Bonchev–Trinajstić information content (AvgIpc) is 3.46. The lowest BCUT2D eigenvalue weighted by molar-refractivity contribution is -0.852. The number of piperazine rings is 1. The van der Waals surface area contributed by atoms with Crippen molar-refractivity contribution in [3.63, 3.8) is 0 Å². The molecule has 2 aromatic rings. The van der Waals surface area contributed by atoms with Gasteiger partial charge < -0.3 is 4.74 Å². The first-order chi connectivity index (χ1) is 16.6. The monoisotopic (exact) mass is 505 g/mol.